The fourth-order valence-corrected chi connectivity index (χ4v) is 2.89. The van der Waals surface area contributed by atoms with Crippen LogP contribution in [0.1, 0.15) is 66.2 Å². The normalized spacial score (nSPS) is 15.2. The first kappa shape index (κ1) is 15.9. The Hall–Kier alpha value is -0.120. The lowest BCUT2D eigenvalue weighted by molar-refractivity contribution is -0.388. The summed E-state index contributed by atoms with van der Waals surface area (Å²) in [6, 6.07) is 0. The van der Waals surface area contributed by atoms with Crippen LogP contribution in [0.25, 0.3) is 0 Å². The minimum Gasteiger partial charge on any atom is -0.343 e. The van der Waals surface area contributed by atoms with Crippen molar-refractivity contribution >= 4 is 0 Å². The highest BCUT2D eigenvalue weighted by Gasteiger charge is 2.50. The zero-order valence-electron chi connectivity index (χ0n) is 11.2. The van der Waals surface area contributed by atoms with Crippen molar-refractivity contribution in [1.82, 2.24) is 0 Å². The summed E-state index contributed by atoms with van der Waals surface area (Å²) >= 11 is 0. The zero-order chi connectivity index (χ0) is 12.8. The van der Waals surface area contributed by atoms with Crippen molar-refractivity contribution in [1.29, 1.82) is 0 Å². The van der Waals surface area contributed by atoms with Crippen molar-refractivity contribution in [3.63, 3.8) is 0 Å². The highest BCUT2D eigenvalue weighted by molar-refractivity contribution is 4.89. The van der Waals surface area contributed by atoms with Gasteiger partial charge < -0.3 is 15.3 Å². The molecule has 0 aliphatic heterocycles. The summed E-state index contributed by atoms with van der Waals surface area (Å²) < 4.78 is 0. The molecular formula is C13H28O3. The van der Waals surface area contributed by atoms with Gasteiger partial charge in [-0.25, -0.2) is 0 Å². The van der Waals surface area contributed by atoms with E-state index >= 15 is 0 Å². The van der Waals surface area contributed by atoms with E-state index in [1.807, 2.05) is 20.8 Å². The van der Waals surface area contributed by atoms with Gasteiger partial charge in [0.1, 0.15) is 0 Å². The standard InChI is InChI=1S/C13H28O3/c1-5-8-11(4)12(9-6-2,10-7-3)13(14,15)16/h11,14-16H,5-10H2,1-4H3. The van der Waals surface area contributed by atoms with E-state index in [2.05, 4.69) is 6.92 Å². The van der Waals surface area contributed by atoms with Crippen LogP contribution in [0.4, 0.5) is 0 Å². The summed E-state index contributed by atoms with van der Waals surface area (Å²) in [6.45, 7) is 8.10. The molecular weight excluding hydrogens is 204 g/mol. The molecule has 0 spiro atoms. The van der Waals surface area contributed by atoms with E-state index in [0.717, 1.165) is 25.7 Å². The quantitative estimate of drug-likeness (QED) is 0.564. The van der Waals surface area contributed by atoms with Crippen LogP contribution in [-0.4, -0.2) is 21.3 Å². The molecule has 0 saturated carbocycles. The molecule has 0 aliphatic rings. The topological polar surface area (TPSA) is 60.7 Å². The first-order valence-corrected chi connectivity index (χ1v) is 6.52. The van der Waals surface area contributed by atoms with Gasteiger partial charge in [-0.05, 0) is 18.8 Å². The van der Waals surface area contributed by atoms with Gasteiger partial charge in [0.2, 0.25) is 0 Å². The van der Waals surface area contributed by atoms with Crippen LogP contribution >= 0.6 is 0 Å². The average molecular weight is 232 g/mol. The first-order valence-electron chi connectivity index (χ1n) is 6.52. The summed E-state index contributed by atoms with van der Waals surface area (Å²) in [5.74, 6) is -2.45. The molecule has 0 heterocycles. The molecule has 1 atom stereocenters. The fourth-order valence-electron chi connectivity index (χ4n) is 2.89. The Balaban J connectivity index is 5.07. The SMILES string of the molecule is CCCC(C)C(CCC)(CCC)C(O)(O)O. The van der Waals surface area contributed by atoms with Gasteiger partial charge in [0.25, 0.3) is 5.97 Å². The van der Waals surface area contributed by atoms with Gasteiger partial charge >= 0.3 is 0 Å². The molecule has 0 aromatic carbocycles. The summed E-state index contributed by atoms with van der Waals surface area (Å²) in [4.78, 5) is 0. The maximum atomic E-state index is 9.70. The number of aliphatic hydroxyl groups is 3. The van der Waals surface area contributed by atoms with Gasteiger partial charge in [-0.15, -0.1) is 0 Å². The van der Waals surface area contributed by atoms with Crippen LogP contribution in [0.3, 0.4) is 0 Å². The van der Waals surface area contributed by atoms with Crippen molar-refractivity contribution < 1.29 is 15.3 Å². The summed E-state index contributed by atoms with van der Waals surface area (Å²) in [7, 11) is 0. The number of rotatable bonds is 8. The molecule has 0 aromatic rings. The van der Waals surface area contributed by atoms with Gasteiger partial charge in [0, 0.05) is 0 Å². The molecule has 0 radical (unpaired) electrons. The van der Waals surface area contributed by atoms with Gasteiger partial charge in [-0.1, -0.05) is 53.4 Å². The lowest BCUT2D eigenvalue weighted by Gasteiger charge is -2.45. The Morgan fingerprint density at radius 2 is 1.31 bits per heavy atom. The van der Waals surface area contributed by atoms with Crippen LogP contribution in [0, 0.1) is 11.3 Å². The van der Waals surface area contributed by atoms with E-state index in [1.54, 1.807) is 0 Å². The summed E-state index contributed by atoms with van der Waals surface area (Å²) in [5.41, 5.74) is -0.785. The molecule has 16 heavy (non-hydrogen) atoms. The van der Waals surface area contributed by atoms with E-state index in [-0.39, 0.29) is 5.92 Å². The third kappa shape index (κ3) is 3.44. The Morgan fingerprint density at radius 1 is 0.875 bits per heavy atom. The smallest absolute Gasteiger partial charge is 0.281 e. The third-order valence-electron chi connectivity index (χ3n) is 3.73. The molecule has 98 valence electrons. The zero-order valence-corrected chi connectivity index (χ0v) is 11.2. The van der Waals surface area contributed by atoms with Crippen LogP contribution in [0.2, 0.25) is 0 Å². The van der Waals surface area contributed by atoms with Crippen molar-refractivity contribution in [3.05, 3.63) is 0 Å². The second-order valence-corrected chi connectivity index (χ2v) is 4.98. The fraction of sp³-hybridized carbons (Fsp3) is 1.00. The predicted octanol–water partition coefficient (Wildman–Crippen LogP) is 2.64. The lowest BCUT2D eigenvalue weighted by atomic mass is 9.66. The molecule has 0 rings (SSSR count). The average Bonchev–Trinajstić information content (AvgIpc) is 2.15. The largest absolute Gasteiger partial charge is 0.343 e. The van der Waals surface area contributed by atoms with Gasteiger partial charge in [-0.2, -0.15) is 0 Å². The van der Waals surface area contributed by atoms with Crippen molar-refractivity contribution in [2.75, 3.05) is 0 Å². The molecule has 3 N–H and O–H groups in total. The minimum atomic E-state index is -2.56. The second-order valence-electron chi connectivity index (χ2n) is 4.98. The molecule has 0 bridgehead atoms. The molecule has 0 saturated heterocycles. The van der Waals surface area contributed by atoms with E-state index in [4.69, 9.17) is 0 Å². The molecule has 0 aromatic heterocycles. The van der Waals surface area contributed by atoms with Gasteiger partial charge in [0.15, 0.2) is 0 Å². The molecule has 0 amide bonds. The minimum absolute atomic E-state index is 0.109. The highest BCUT2D eigenvalue weighted by Crippen LogP contribution is 2.46. The second kappa shape index (κ2) is 6.58. The molecule has 3 nitrogen and oxygen atoms in total. The number of hydrogen-bond acceptors (Lipinski definition) is 3. The molecule has 0 fully saturated rings. The Labute approximate surface area is 99.5 Å². The Kier molecular flexibility index (Phi) is 6.53. The molecule has 0 aliphatic carbocycles. The van der Waals surface area contributed by atoms with Crippen molar-refractivity contribution in [2.24, 2.45) is 11.3 Å². The maximum Gasteiger partial charge on any atom is 0.281 e. The van der Waals surface area contributed by atoms with E-state index in [0.29, 0.717) is 12.8 Å². The maximum absolute atomic E-state index is 9.70. The predicted molar refractivity (Wildman–Crippen MR) is 65.7 cm³/mol. The molecule has 1 unspecified atom stereocenters. The monoisotopic (exact) mass is 232 g/mol. The van der Waals surface area contributed by atoms with Crippen molar-refractivity contribution in [2.45, 2.75) is 72.2 Å². The van der Waals surface area contributed by atoms with Gasteiger partial charge in [-0.3, -0.25) is 0 Å². The first-order chi connectivity index (χ1) is 7.35. The Morgan fingerprint density at radius 3 is 1.56 bits per heavy atom. The van der Waals surface area contributed by atoms with Crippen LogP contribution in [0.5, 0.6) is 0 Å². The van der Waals surface area contributed by atoms with Crippen LogP contribution in [0.15, 0.2) is 0 Å². The van der Waals surface area contributed by atoms with Gasteiger partial charge in [0.05, 0.1) is 5.41 Å². The van der Waals surface area contributed by atoms with Crippen LogP contribution < -0.4 is 0 Å². The number of hydrogen-bond donors (Lipinski definition) is 3. The van der Waals surface area contributed by atoms with E-state index in [9.17, 15) is 15.3 Å². The summed E-state index contributed by atoms with van der Waals surface area (Å²) in [6.07, 6.45) is 4.88. The third-order valence-corrected chi connectivity index (χ3v) is 3.73. The molecule has 3 heteroatoms. The highest BCUT2D eigenvalue weighted by atomic mass is 16.7. The summed E-state index contributed by atoms with van der Waals surface area (Å²) in [5, 5.41) is 29.1. The van der Waals surface area contributed by atoms with E-state index < -0.39 is 11.4 Å². The van der Waals surface area contributed by atoms with Crippen molar-refractivity contribution in [3.8, 4) is 0 Å². The lowest BCUT2D eigenvalue weighted by Crippen LogP contribution is -2.52. The Bertz CT molecular complexity index is 178. The van der Waals surface area contributed by atoms with E-state index in [1.165, 1.54) is 0 Å². The van der Waals surface area contributed by atoms with Crippen LogP contribution in [-0.2, 0) is 0 Å².